The largest absolute Gasteiger partial charge is 0.464 e. The molecule has 0 N–H and O–H groups in total. The minimum absolute atomic E-state index is 0.00291. The van der Waals surface area contributed by atoms with Crippen LogP contribution in [0, 0.1) is 10.1 Å². The van der Waals surface area contributed by atoms with E-state index in [-0.39, 0.29) is 16.7 Å². The molecule has 0 aliphatic carbocycles. The number of hydrogen-bond donors (Lipinski definition) is 0. The monoisotopic (exact) mass is 377 g/mol. The van der Waals surface area contributed by atoms with Gasteiger partial charge in [0.25, 0.3) is 5.69 Å². The van der Waals surface area contributed by atoms with Gasteiger partial charge in [0.2, 0.25) is 6.23 Å². The van der Waals surface area contributed by atoms with Gasteiger partial charge in [0.15, 0.2) is 0 Å². The Bertz CT molecular complexity index is 1050. The SMILES string of the molecule is O=[N+]([O-])c1ccccc1[C@@H]1Oc2ccccc2[C@@H]2CC(c3cccs3)=NN21. The van der Waals surface area contributed by atoms with E-state index in [4.69, 9.17) is 9.84 Å². The molecule has 0 unspecified atom stereocenters. The van der Waals surface area contributed by atoms with Crippen molar-refractivity contribution in [1.82, 2.24) is 5.01 Å². The summed E-state index contributed by atoms with van der Waals surface area (Å²) in [6.45, 7) is 0. The molecular formula is C20H15N3O3S. The first-order valence-corrected chi connectivity index (χ1v) is 9.49. The number of nitro benzene ring substituents is 1. The molecule has 3 heterocycles. The van der Waals surface area contributed by atoms with Gasteiger partial charge in [0.05, 0.1) is 27.1 Å². The van der Waals surface area contributed by atoms with Gasteiger partial charge in [0.1, 0.15) is 5.75 Å². The molecule has 0 fully saturated rings. The van der Waals surface area contributed by atoms with Crippen LogP contribution in [-0.2, 0) is 0 Å². The number of ether oxygens (including phenoxy) is 1. The number of nitro groups is 1. The summed E-state index contributed by atoms with van der Waals surface area (Å²) < 4.78 is 6.21. The van der Waals surface area contributed by atoms with E-state index < -0.39 is 6.23 Å². The van der Waals surface area contributed by atoms with Crippen LogP contribution in [0.25, 0.3) is 0 Å². The first-order chi connectivity index (χ1) is 13.2. The Hall–Kier alpha value is -3.19. The zero-order valence-corrected chi connectivity index (χ0v) is 15.0. The van der Waals surface area contributed by atoms with E-state index in [0.717, 1.165) is 28.3 Å². The van der Waals surface area contributed by atoms with Crippen molar-refractivity contribution >= 4 is 22.7 Å². The predicted molar refractivity (Wildman–Crippen MR) is 103 cm³/mol. The second-order valence-corrected chi connectivity index (χ2v) is 7.40. The summed E-state index contributed by atoms with van der Waals surface area (Å²) >= 11 is 1.65. The second-order valence-electron chi connectivity index (χ2n) is 6.45. The van der Waals surface area contributed by atoms with E-state index in [9.17, 15) is 10.1 Å². The number of para-hydroxylation sites is 2. The van der Waals surface area contributed by atoms with E-state index in [2.05, 4.69) is 6.07 Å². The van der Waals surface area contributed by atoms with Crippen molar-refractivity contribution in [2.75, 3.05) is 0 Å². The van der Waals surface area contributed by atoms with Crippen LogP contribution >= 0.6 is 11.3 Å². The molecule has 0 bridgehead atoms. The topological polar surface area (TPSA) is 68.0 Å². The second kappa shape index (κ2) is 6.21. The van der Waals surface area contributed by atoms with Gasteiger partial charge in [-0.2, -0.15) is 5.10 Å². The van der Waals surface area contributed by atoms with Gasteiger partial charge in [-0.3, -0.25) is 10.1 Å². The first-order valence-electron chi connectivity index (χ1n) is 8.61. The number of benzene rings is 2. The maximum atomic E-state index is 11.6. The quantitative estimate of drug-likeness (QED) is 0.481. The number of rotatable bonds is 3. The molecule has 134 valence electrons. The van der Waals surface area contributed by atoms with Crippen LogP contribution in [0.4, 0.5) is 5.69 Å². The summed E-state index contributed by atoms with van der Waals surface area (Å²) in [5.41, 5.74) is 2.60. The summed E-state index contributed by atoms with van der Waals surface area (Å²) in [5, 5.41) is 20.3. The summed E-state index contributed by atoms with van der Waals surface area (Å²) in [6.07, 6.45) is 0.113. The maximum absolute atomic E-state index is 11.6. The molecule has 3 aromatic rings. The molecule has 2 atom stereocenters. The van der Waals surface area contributed by atoms with Crippen LogP contribution < -0.4 is 4.74 Å². The average molecular weight is 377 g/mol. The average Bonchev–Trinajstić information content (AvgIpc) is 3.37. The molecule has 2 aliphatic heterocycles. The summed E-state index contributed by atoms with van der Waals surface area (Å²) in [6, 6.07) is 18.6. The fourth-order valence-electron chi connectivity index (χ4n) is 3.69. The van der Waals surface area contributed by atoms with E-state index in [1.807, 2.05) is 40.7 Å². The molecule has 0 amide bonds. The highest BCUT2D eigenvalue weighted by Crippen LogP contribution is 2.48. The number of thiophene rings is 1. The lowest BCUT2D eigenvalue weighted by molar-refractivity contribution is -0.386. The molecular weight excluding hydrogens is 362 g/mol. The molecule has 0 saturated carbocycles. The molecule has 1 aromatic heterocycles. The van der Waals surface area contributed by atoms with Crippen LogP contribution in [0.2, 0.25) is 0 Å². The number of nitrogens with zero attached hydrogens (tertiary/aromatic N) is 3. The van der Waals surface area contributed by atoms with Crippen LogP contribution in [0.15, 0.2) is 71.1 Å². The van der Waals surface area contributed by atoms with Crippen molar-refractivity contribution in [3.8, 4) is 5.75 Å². The third kappa shape index (κ3) is 2.59. The van der Waals surface area contributed by atoms with Crippen molar-refractivity contribution in [2.24, 2.45) is 5.10 Å². The number of hydrazone groups is 1. The number of fused-ring (bicyclic) bond motifs is 3. The standard InChI is InChI=1S/C20H15N3O3S/c24-23(25)16-8-3-1-7-14(16)20-22-17(13-6-2-4-9-18(13)26-20)12-15(21-22)19-10-5-11-27-19/h1-11,17,20H,12H2/t17-,20-/m0/s1. The molecule has 7 heteroatoms. The van der Waals surface area contributed by atoms with Gasteiger partial charge in [-0.15, -0.1) is 11.3 Å². The third-order valence-electron chi connectivity index (χ3n) is 4.90. The minimum atomic E-state index is -0.635. The molecule has 0 spiro atoms. The van der Waals surface area contributed by atoms with Crippen LogP contribution in [0.3, 0.4) is 0 Å². The smallest absolute Gasteiger partial charge is 0.278 e. The predicted octanol–water partition coefficient (Wildman–Crippen LogP) is 4.90. The summed E-state index contributed by atoms with van der Waals surface area (Å²) in [7, 11) is 0. The van der Waals surface area contributed by atoms with Gasteiger partial charge in [-0.25, -0.2) is 5.01 Å². The van der Waals surface area contributed by atoms with Gasteiger partial charge >= 0.3 is 0 Å². The Balaban J connectivity index is 1.65. The Morgan fingerprint density at radius 2 is 1.85 bits per heavy atom. The van der Waals surface area contributed by atoms with Crippen LogP contribution in [-0.4, -0.2) is 15.6 Å². The van der Waals surface area contributed by atoms with Crippen molar-refractivity contribution in [3.05, 3.63) is 92.2 Å². The van der Waals surface area contributed by atoms with Crippen LogP contribution in [0.5, 0.6) is 5.75 Å². The lowest BCUT2D eigenvalue weighted by atomic mass is 9.97. The van der Waals surface area contributed by atoms with E-state index in [1.54, 1.807) is 29.5 Å². The Labute approximate surface area is 159 Å². The first kappa shape index (κ1) is 16.0. The van der Waals surface area contributed by atoms with Gasteiger partial charge < -0.3 is 4.74 Å². The van der Waals surface area contributed by atoms with Crippen LogP contribution in [0.1, 0.15) is 34.7 Å². The number of hydrogen-bond acceptors (Lipinski definition) is 6. The molecule has 6 nitrogen and oxygen atoms in total. The molecule has 2 aliphatic rings. The van der Waals surface area contributed by atoms with Crippen molar-refractivity contribution in [3.63, 3.8) is 0 Å². The minimum Gasteiger partial charge on any atom is -0.464 e. The van der Waals surface area contributed by atoms with Gasteiger partial charge in [-0.05, 0) is 23.6 Å². The molecule has 27 heavy (non-hydrogen) atoms. The summed E-state index contributed by atoms with van der Waals surface area (Å²) in [4.78, 5) is 12.3. The molecule has 5 rings (SSSR count). The zero-order valence-electron chi connectivity index (χ0n) is 14.2. The van der Waals surface area contributed by atoms with Gasteiger partial charge in [-0.1, -0.05) is 36.4 Å². The van der Waals surface area contributed by atoms with Crippen molar-refractivity contribution in [2.45, 2.75) is 18.7 Å². The maximum Gasteiger partial charge on any atom is 0.278 e. The van der Waals surface area contributed by atoms with E-state index >= 15 is 0 Å². The Morgan fingerprint density at radius 3 is 2.63 bits per heavy atom. The highest BCUT2D eigenvalue weighted by molar-refractivity contribution is 7.12. The highest BCUT2D eigenvalue weighted by atomic mass is 32.1. The lowest BCUT2D eigenvalue weighted by Crippen LogP contribution is -2.34. The Kier molecular flexibility index (Phi) is 3.68. The Morgan fingerprint density at radius 1 is 1.07 bits per heavy atom. The molecule has 0 radical (unpaired) electrons. The normalized spacial score (nSPS) is 20.4. The van der Waals surface area contributed by atoms with E-state index in [0.29, 0.717) is 5.56 Å². The zero-order chi connectivity index (χ0) is 18.4. The highest BCUT2D eigenvalue weighted by Gasteiger charge is 2.42. The molecule has 2 aromatic carbocycles. The molecule has 0 saturated heterocycles. The van der Waals surface area contributed by atoms with E-state index in [1.165, 1.54) is 6.07 Å². The fraction of sp³-hybridized carbons (Fsp3) is 0.150. The van der Waals surface area contributed by atoms with Crippen molar-refractivity contribution < 1.29 is 9.66 Å². The van der Waals surface area contributed by atoms with Crippen molar-refractivity contribution in [1.29, 1.82) is 0 Å². The lowest BCUT2D eigenvalue weighted by Gasteiger charge is -2.37. The fourth-order valence-corrected chi connectivity index (χ4v) is 4.41. The van der Waals surface area contributed by atoms with Gasteiger partial charge in [0, 0.05) is 18.1 Å². The summed E-state index contributed by atoms with van der Waals surface area (Å²) in [5.74, 6) is 0.754. The third-order valence-corrected chi connectivity index (χ3v) is 5.82.